The fourth-order valence-corrected chi connectivity index (χ4v) is 6.47. The Labute approximate surface area is 129 Å². The normalized spacial score (nSPS) is 27.5. The van der Waals surface area contributed by atoms with Crippen LogP contribution in [0, 0.1) is 6.92 Å². The van der Waals surface area contributed by atoms with Gasteiger partial charge < -0.3 is 9.84 Å². The van der Waals surface area contributed by atoms with E-state index >= 15 is 0 Å². The molecule has 118 valence electrons. The molecule has 0 spiro atoms. The van der Waals surface area contributed by atoms with E-state index in [2.05, 4.69) is 0 Å². The Morgan fingerprint density at radius 1 is 1.43 bits per heavy atom. The summed E-state index contributed by atoms with van der Waals surface area (Å²) in [6, 6.07) is 1.58. The SMILES string of the molecule is Cc1sc(CO)cc1S(=O)(=O)N1CCOC2CCCCC21. The van der Waals surface area contributed by atoms with Crippen molar-refractivity contribution in [3.05, 3.63) is 15.8 Å². The zero-order valence-corrected chi connectivity index (χ0v) is 13.8. The molecule has 2 heterocycles. The first-order valence-corrected chi connectivity index (χ1v) is 9.63. The summed E-state index contributed by atoms with van der Waals surface area (Å²) in [5.41, 5.74) is 0. The van der Waals surface area contributed by atoms with Gasteiger partial charge in [-0.3, -0.25) is 0 Å². The van der Waals surface area contributed by atoms with E-state index in [-0.39, 0.29) is 18.8 Å². The monoisotopic (exact) mass is 331 g/mol. The molecule has 0 bridgehead atoms. The van der Waals surface area contributed by atoms with Crippen LogP contribution < -0.4 is 0 Å². The maximum atomic E-state index is 13.0. The fourth-order valence-electron chi connectivity index (χ4n) is 3.34. The molecule has 2 fully saturated rings. The van der Waals surface area contributed by atoms with E-state index in [1.807, 2.05) is 0 Å². The van der Waals surface area contributed by atoms with Gasteiger partial charge in [0.1, 0.15) is 0 Å². The standard InChI is InChI=1S/C14H21NO4S2/c1-10-14(8-11(9-16)20-10)21(17,18)15-6-7-19-13-5-3-2-4-12(13)15/h8,12-13,16H,2-7,9H2,1H3. The number of aliphatic hydroxyl groups is 1. The summed E-state index contributed by atoms with van der Waals surface area (Å²) in [5, 5.41) is 9.22. The van der Waals surface area contributed by atoms with Crippen molar-refractivity contribution in [2.75, 3.05) is 13.2 Å². The molecule has 3 rings (SSSR count). The molecule has 1 aromatic rings. The minimum absolute atomic E-state index is 0.0330. The summed E-state index contributed by atoms with van der Waals surface area (Å²) in [7, 11) is -3.50. The van der Waals surface area contributed by atoms with Crippen molar-refractivity contribution >= 4 is 21.4 Å². The lowest BCUT2D eigenvalue weighted by atomic mass is 9.91. The maximum Gasteiger partial charge on any atom is 0.244 e. The zero-order chi connectivity index (χ0) is 15.0. The average molecular weight is 331 g/mol. The van der Waals surface area contributed by atoms with Gasteiger partial charge in [-0.2, -0.15) is 4.31 Å². The van der Waals surface area contributed by atoms with Crippen LogP contribution in [0.25, 0.3) is 0 Å². The highest BCUT2D eigenvalue weighted by atomic mass is 32.2. The number of nitrogens with zero attached hydrogens (tertiary/aromatic N) is 1. The van der Waals surface area contributed by atoms with Crippen molar-refractivity contribution < 1.29 is 18.3 Å². The molecule has 1 aromatic heterocycles. The Kier molecular flexibility index (Phi) is 4.38. The number of thiophene rings is 1. The van der Waals surface area contributed by atoms with Crippen LogP contribution in [0.4, 0.5) is 0 Å². The average Bonchev–Trinajstić information content (AvgIpc) is 2.88. The van der Waals surface area contributed by atoms with Crippen LogP contribution in [0.3, 0.4) is 0 Å². The van der Waals surface area contributed by atoms with Crippen molar-refractivity contribution in [1.82, 2.24) is 4.31 Å². The van der Waals surface area contributed by atoms with Crippen molar-refractivity contribution in [3.63, 3.8) is 0 Å². The quantitative estimate of drug-likeness (QED) is 0.918. The van der Waals surface area contributed by atoms with Gasteiger partial charge in [0.15, 0.2) is 0 Å². The van der Waals surface area contributed by atoms with Gasteiger partial charge in [-0.05, 0) is 25.8 Å². The van der Waals surface area contributed by atoms with Crippen LogP contribution in [0.5, 0.6) is 0 Å². The number of morpholine rings is 1. The van der Waals surface area contributed by atoms with Crippen LogP contribution in [-0.2, 0) is 21.4 Å². The van der Waals surface area contributed by atoms with Crippen LogP contribution in [0.1, 0.15) is 35.4 Å². The van der Waals surface area contributed by atoms with Gasteiger partial charge in [0, 0.05) is 16.3 Å². The molecule has 5 nitrogen and oxygen atoms in total. The minimum Gasteiger partial charge on any atom is -0.391 e. The summed E-state index contributed by atoms with van der Waals surface area (Å²) in [6.07, 6.45) is 4.03. The molecule has 2 unspecified atom stereocenters. The summed E-state index contributed by atoms with van der Waals surface area (Å²) >= 11 is 1.35. The van der Waals surface area contributed by atoms with Crippen molar-refractivity contribution in [1.29, 1.82) is 0 Å². The van der Waals surface area contributed by atoms with E-state index in [1.165, 1.54) is 11.3 Å². The lowest BCUT2D eigenvalue weighted by Crippen LogP contribution is -2.54. The molecule has 0 aromatic carbocycles. The van der Waals surface area contributed by atoms with Gasteiger partial charge in [0.2, 0.25) is 10.0 Å². The van der Waals surface area contributed by atoms with Gasteiger partial charge in [-0.15, -0.1) is 11.3 Å². The van der Waals surface area contributed by atoms with Gasteiger partial charge >= 0.3 is 0 Å². The predicted molar refractivity (Wildman–Crippen MR) is 80.9 cm³/mol. The topological polar surface area (TPSA) is 66.8 Å². The number of aryl methyl sites for hydroxylation is 1. The van der Waals surface area contributed by atoms with Gasteiger partial charge in [0.05, 0.1) is 30.3 Å². The Balaban J connectivity index is 1.94. The third-order valence-electron chi connectivity index (χ3n) is 4.35. The van der Waals surface area contributed by atoms with Gasteiger partial charge in [-0.25, -0.2) is 8.42 Å². The summed E-state index contributed by atoms with van der Waals surface area (Å²) in [6.45, 7) is 2.58. The number of ether oxygens (including phenoxy) is 1. The maximum absolute atomic E-state index is 13.0. The van der Waals surface area contributed by atoms with E-state index in [1.54, 1.807) is 17.3 Å². The first-order valence-electron chi connectivity index (χ1n) is 7.37. The van der Waals surface area contributed by atoms with Crippen molar-refractivity contribution in [2.45, 2.75) is 56.3 Å². The number of rotatable bonds is 3. The molecule has 1 aliphatic carbocycles. The Morgan fingerprint density at radius 3 is 2.90 bits per heavy atom. The number of sulfonamides is 1. The highest BCUT2D eigenvalue weighted by Crippen LogP contribution is 2.35. The first-order chi connectivity index (χ1) is 10.0. The molecule has 0 amide bonds. The largest absolute Gasteiger partial charge is 0.391 e. The lowest BCUT2D eigenvalue weighted by Gasteiger charge is -2.42. The minimum atomic E-state index is -3.50. The van der Waals surface area contributed by atoms with Crippen molar-refractivity contribution in [3.8, 4) is 0 Å². The predicted octanol–water partition coefficient (Wildman–Crippen LogP) is 1.88. The third kappa shape index (κ3) is 2.77. The highest BCUT2D eigenvalue weighted by Gasteiger charge is 2.41. The molecule has 2 atom stereocenters. The summed E-state index contributed by atoms with van der Waals surface area (Å²) in [4.78, 5) is 1.79. The summed E-state index contributed by atoms with van der Waals surface area (Å²) in [5.74, 6) is 0. The van der Waals surface area contributed by atoms with Gasteiger partial charge in [0.25, 0.3) is 0 Å². The first kappa shape index (κ1) is 15.4. The molecule has 1 saturated heterocycles. The van der Waals surface area contributed by atoms with E-state index in [0.717, 1.165) is 30.6 Å². The molecule has 1 aliphatic heterocycles. The van der Waals surface area contributed by atoms with Crippen LogP contribution in [-0.4, -0.2) is 43.1 Å². The molecule has 0 radical (unpaired) electrons. The van der Waals surface area contributed by atoms with Gasteiger partial charge in [-0.1, -0.05) is 12.8 Å². The zero-order valence-electron chi connectivity index (χ0n) is 12.1. The Morgan fingerprint density at radius 2 is 2.19 bits per heavy atom. The Bertz CT molecular complexity index is 608. The second-order valence-corrected chi connectivity index (χ2v) is 8.87. The number of hydrogen-bond donors (Lipinski definition) is 1. The van der Waals surface area contributed by atoms with E-state index in [4.69, 9.17) is 4.74 Å². The Hall–Kier alpha value is -0.470. The molecule has 1 N–H and O–H groups in total. The van der Waals surface area contributed by atoms with Crippen LogP contribution in [0.15, 0.2) is 11.0 Å². The number of hydrogen-bond acceptors (Lipinski definition) is 5. The molecular formula is C14H21NO4S2. The number of aliphatic hydroxyl groups excluding tert-OH is 1. The molecular weight excluding hydrogens is 310 g/mol. The fraction of sp³-hybridized carbons (Fsp3) is 0.714. The molecule has 7 heteroatoms. The molecule has 1 saturated carbocycles. The molecule has 2 aliphatic rings. The second-order valence-electron chi connectivity index (χ2n) is 5.67. The molecule has 21 heavy (non-hydrogen) atoms. The lowest BCUT2D eigenvalue weighted by molar-refractivity contribution is -0.0586. The highest BCUT2D eigenvalue weighted by molar-refractivity contribution is 7.89. The summed E-state index contributed by atoms with van der Waals surface area (Å²) < 4.78 is 33.4. The van der Waals surface area contributed by atoms with Crippen molar-refractivity contribution in [2.24, 2.45) is 0 Å². The van der Waals surface area contributed by atoms with E-state index in [9.17, 15) is 13.5 Å². The van der Waals surface area contributed by atoms with Crippen LogP contribution >= 0.6 is 11.3 Å². The third-order valence-corrected chi connectivity index (χ3v) is 7.56. The van der Waals surface area contributed by atoms with E-state index in [0.29, 0.717) is 22.9 Å². The smallest absolute Gasteiger partial charge is 0.244 e. The van der Waals surface area contributed by atoms with Crippen LogP contribution in [0.2, 0.25) is 0 Å². The second kappa shape index (κ2) is 5.96. The van der Waals surface area contributed by atoms with E-state index < -0.39 is 10.0 Å². The number of fused-ring (bicyclic) bond motifs is 1.